The number of amides is 1. The second kappa shape index (κ2) is 6.95. The highest BCUT2D eigenvalue weighted by atomic mass is 32.2. The Morgan fingerprint density at radius 3 is 2.48 bits per heavy atom. The van der Waals surface area contributed by atoms with Gasteiger partial charge in [-0.1, -0.05) is 0 Å². The SMILES string of the molecule is C[C@H](C(=O)Nc1ccc(S(N)(=O)=O)cc1)[NH+](C)Cc1ccco1. The van der Waals surface area contributed by atoms with Gasteiger partial charge in [-0.3, -0.25) is 4.79 Å². The number of likely N-dealkylation sites (N-methyl/N-ethyl adjacent to an activating group) is 1. The number of hydrogen-bond donors (Lipinski definition) is 3. The van der Waals surface area contributed by atoms with Crippen LogP contribution >= 0.6 is 0 Å². The maximum absolute atomic E-state index is 12.3. The molecule has 23 heavy (non-hydrogen) atoms. The van der Waals surface area contributed by atoms with Crippen LogP contribution in [-0.4, -0.2) is 27.4 Å². The number of nitrogens with two attached hydrogens (primary N) is 1. The van der Waals surface area contributed by atoms with Crippen molar-refractivity contribution in [3.8, 4) is 0 Å². The maximum atomic E-state index is 12.3. The Hall–Kier alpha value is -2.16. The van der Waals surface area contributed by atoms with Gasteiger partial charge in [-0.25, -0.2) is 13.6 Å². The van der Waals surface area contributed by atoms with Crippen molar-refractivity contribution >= 4 is 21.6 Å². The molecule has 7 nitrogen and oxygen atoms in total. The Kier molecular flexibility index (Phi) is 5.19. The van der Waals surface area contributed by atoms with Crippen LogP contribution in [0.25, 0.3) is 0 Å². The molecule has 1 unspecified atom stereocenters. The third-order valence-electron chi connectivity index (χ3n) is 3.62. The summed E-state index contributed by atoms with van der Waals surface area (Å²) in [5.74, 6) is 0.636. The first kappa shape index (κ1) is 17.2. The summed E-state index contributed by atoms with van der Waals surface area (Å²) in [7, 11) is -1.83. The Morgan fingerprint density at radius 1 is 1.30 bits per heavy atom. The predicted octanol–water partition coefficient (Wildman–Crippen LogP) is -0.0311. The van der Waals surface area contributed by atoms with Crippen LogP contribution in [0.1, 0.15) is 12.7 Å². The molecule has 0 aliphatic rings. The van der Waals surface area contributed by atoms with E-state index in [9.17, 15) is 13.2 Å². The van der Waals surface area contributed by atoms with Crippen LogP contribution in [0.3, 0.4) is 0 Å². The highest BCUT2D eigenvalue weighted by molar-refractivity contribution is 7.89. The maximum Gasteiger partial charge on any atom is 0.282 e. The highest BCUT2D eigenvalue weighted by Gasteiger charge is 2.22. The van der Waals surface area contributed by atoms with E-state index in [1.54, 1.807) is 12.3 Å². The van der Waals surface area contributed by atoms with Gasteiger partial charge in [-0.2, -0.15) is 0 Å². The number of furan rings is 1. The summed E-state index contributed by atoms with van der Waals surface area (Å²) < 4.78 is 27.7. The van der Waals surface area contributed by atoms with Crippen molar-refractivity contribution in [2.75, 3.05) is 12.4 Å². The molecule has 1 aromatic carbocycles. The third-order valence-corrected chi connectivity index (χ3v) is 4.55. The van der Waals surface area contributed by atoms with Gasteiger partial charge in [-0.15, -0.1) is 0 Å². The standard InChI is InChI=1S/C15H19N3O4S/c1-11(18(2)10-13-4-3-9-22-13)15(19)17-12-5-7-14(8-6-12)23(16,20)21/h3-9,11H,10H2,1-2H3,(H,17,19)(H2,16,20,21)/p+1/t11-/m1/s1. The second-order valence-electron chi connectivity index (χ2n) is 5.38. The Morgan fingerprint density at radius 2 is 1.96 bits per heavy atom. The van der Waals surface area contributed by atoms with E-state index in [1.165, 1.54) is 24.3 Å². The molecule has 0 aliphatic heterocycles. The summed E-state index contributed by atoms with van der Waals surface area (Å²) in [6, 6.07) is 9.08. The Labute approximate surface area is 135 Å². The van der Waals surface area contributed by atoms with Crippen molar-refractivity contribution in [3.05, 3.63) is 48.4 Å². The first-order valence-electron chi connectivity index (χ1n) is 7.06. The summed E-state index contributed by atoms with van der Waals surface area (Å²) in [5, 5.41) is 7.79. The van der Waals surface area contributed by atoms with Crippen LogP contribution < -0.4 is 15.4 Å². The molecule has 0 bridgehead atoms. The molecule has 0 spiro atoms. The zero-order valence-corrected chi connectivity index (χ0v) is 13.8. The number of primary sulfonamides is 1. The minimum Gasteiger partial charge on any atom is -0.463 e. The fourth-order valence-electron chi connectivity index (χ4n) is 2.04. The molecule has 4 N–H and O–H groups in total. The normalized spacial score (nSPS) is 14.2. The van der Waals surface area contributed by atoms with Crippen LogP contribution in [0, 0.1) is 0 Å². The van der Waals surface area contributed by atoms with E-state index >= 15 is 0 Å². The zero-order valence-electron chi connectivity index (χ0n) is 12.9. The zero-order chi connectivity index (χ0) is 17.0. The van der Waals surface area contributed by atoms with Crippen molar-refractivity contribution in [3.63, 3.8) is 0 Å². The fourth-order valence-corrected chi connectivity index (χ4v) is 2.56. The molecule has 2 rings (SSSR count). The van der Waals surface area contributed by atoms with Crippen LogP contribution in [0.5, 0.6) is 0 Å². The Bertz CT molecular complexity index is 755. The summed E-state index contributed by atoms with van der Waals surface area (Å²) >= 11 is 0. The van der Waals surface area contributed by atoms with Crippen molar-refractivity contribution < 1.29 is 22.5 Å². The largest absolute Gasteiger partial charge is 0.463 e. The molecule has 2 aromatic rings. The van der Waals surface area contributed by atoms with E-state index in [0.29, 0.717) is 12.2 Å². The average molecular weight is 338 g/mol. The summed E-state index contributed by atoms with van der Waals surface area (Å²) in [4.78, 5) is 13.2. The summed E-state index contributed by atoms with van der Waals surface area (Å²) in [6.45, 7) is 2.40. The summed E-state index contributed by atoms with van der Waals surface area (Å²) in [6.07, 6.45) is 1.60. The van der Waals surface area contributed by atoms with E-state index in [-0.39, 0.29) is 16.8 Å². The minimum atomic E-state index is -3.73. The quantitative estimate of drug-likeness (QED) is 0.687. The van der Waals surface area contributed by atoms with Crippen LogP contribution in [0.2, 0.25) is 0 Å². The van der Waals surface area contributed by atoms with E-state index < -0.39 is 10.0 Å². The van der Waals surface area contributed by atoms with E-state index in [1.807, 2.05) is 20.0 Å². The van der Waals surface area contributed by atoms with E-state index in [2.05, 4.69) is 5.32 Å². The molecule has 1 aromatic heterocycles. The number of quaternary nitrogens is 1. The van der Waals surface area contributed by atoms with Gasteiger partial charge in [0.05, 0.1) is 18.2 Å². The molecule has 124 valence electrons. The number of carbonyl (C=O) groups excluding carboxylic acids is 1. The lowest BCUT2D eigenvalue weighted by Crippen LogP contribution is -3.12. The molecular formula is C15H20N3O4S+. The fraction of sp³-hybridized carbons (Fsp3) is 0.267. The Balaban J connectivity index is 1.97. The lowest BCUT2D eigenvalue weighted by molar-refractivity contribution is -0.908. The van der Waals surface area contributed by atoms with Gasteiger partial charge >= 0.3 is 0 Å². The predicted molar refractivity (Wildman–Crippen MR) is 85.2 cm³/mol. The van der Waals surface area contributed by atoms with Gasteiger partial charge < -0.3 is 14.6 Å². The van der Waals surface area contributed by atoms with Crippen LogP contribution in [0.15, 0.2) is 52.0 Å². The molecule has 2 atom stereocenters. The van der Waals surface area contributed by atoms with E-state index in [0.717, 1.165) is 10.7 Å². The van der Waals surface area contributed by atoms with E-state index in [4.69, 9.17) is 9.56 Å². The smallest absolute Gasteiger partial charge is 0.282 e. The number of anilines is 1. The number of hydrogen-bond acceptors (Lipinski definition) is 4. The van der Waals surface area contributed by atoms with Crippen LogP contribution in [-0.2, 0) is 21.4 Å². The topological polar surface area (TPSA) is 107 Å². The molecule has 1 heterocycles. The molecule has 8 heteroatoms. The average Bonchev–Trinajstić information content (AvgIpc) is 2.98. The minimum absolute atomic E-state index is 0.00381. The van der Waals surface area contributed by atoms with Gasteiger partial charge in [0.1, 0.15) is 6.54 Å². The van der Waals surface area contributed by atoms with Gasteiger partial charge in [0.2, 0.25) is 10.0 Å². The first-order valence-corrected chi connectivity index (χ1v) is 8.60. The molecular weight excluding hydrogens is 318 g/mol. The molecule has 0 aliphatic carbocycles. The van der Waals surface area contributed by atoms with Crippen molar-refractivity contribution in [2.45, 2.75) is 24.4 Å². The van der Waals surface area contributed by atoms with Crippen molar-refractivity contribution in [1.82, 2.24) is 0 Å². The van der Waals surface area contributed by atoms with Crippen molar-refractivity contribution in [2.24, 2.45) is 5.14 Å². The van der Waals surface area contributed by atoms with Gasteiger partial charge in [0, 0.05) is 5.69 Å². The number of benzene rings is 1. The number of sulfonamides is 1. The van der Waals surface area contributed by atoms with Crippen molar-refractivity contribution in [1.29, 1.82) is 0 Å². The van der Waals surface area contributed by atoms with Crippen LogP contribution in [0.4, 0.5) is 5.69 Å². The lowest BCUT2D eigenvalue weighted by Gasteiger charge is -2.20. The number of nitrogens with one attached hydrogen (secondary N) is 2. The molecule has 0 saturated carbocycles. The second-order valence-corrected chi connectivity index (χ2v) is 6.94. The van der Waals surface area contributed by atoms with Gasteiger partial charge in [-0.05, 0) is 43.3 Å². The van der Waals surface area contributed by atoms with Gasteiger partial charge in [0.25, 0.3) is 5.91 Å². The monoisotopic (exact) mass is 338 g/mol. The lowest BCUT2D eigenvalue weighted by atomic mass is 10.2. The molecule has 0 saturated heterocycles. The number of carbonyl (C=O) groups is 1. The molecule has 0 fully saturated rings. The molecule has 1 amide bonds. The number of rotatable bonds is 6. The summed E-state index contributed by atoms with van der Waals surface area (Å²) in [5.41, 5.74) is 0.514. The molecule has 0 radical (unpaired) electrons. The third kappa shape index (κ3) is 4.65. The highest BCUT2D eigenvalue weighted by Crippen LogP contribution is 2.12. The first-order chi connectivity index (χ1) is 10.8. The van der Waals surface area contributed by atoms with Gasteiger partial charge in [0.15, 0.2) is 11.8 Å².